The number of anilines is 1. The molecule has 0 spiro atoms. The Bertz CT molecular complexity index is 332. The highest BCUT2D eigenvalue weighted by Gasteiger charge is 1.99. The van der Waals surface area contributed by atoms with E-state index < -0.39 is 0 Å². The van der Waals surface area contributed by atoms with Crippen molar-refractivity contribution < 1.29 is 5.11 Å². The largest absolute Gasteiger partial charge is 0.506 e. The zero-order chi connectivity index (χ0) is 9.84. The molecular formula is C10H14N2O. The van der Waals surface area contributed by atoms with Gasteiger partial charge in [-0.05, 0) is 31.5 Å². The fraction of sp³-hybridized carbons (Fsp3) is 0.300. The first kappa shape index (κ1) is 9.58. The number of nitrogens with two attached hydrogens (primary N) is 1. The molecule has 3 nitrogen and oxygen atoms in total. The normalized spacial score (nSPS) is 11.7. The van der Waals surface area contributed by atoms with Crippen molar-refractivity contribution in [3.8, 4) is 5.75 Å². The smallest absolute Gasteiger partial charge is 0.141 e. The predicted molar refractivity (Wildman–Crippen MR) is 55.6 cm³/mol. The highest BCUT2D eigenvalue weighted by molar-refractivity contribution is 5.85. The van der Waals surface area contributed by atoms with Gasteiger partial charge in [0.2, 0.25) is 0 Å². The summed E-state index contributed by atoms with van der Waals surface area (Å²) in [5.74, 6) is 0.169. The first-order chi connectivity index (χ1) is 6.13. The molecular weight excluding hydrogens is 164 g/mol. The van der Waals surface area contributed by atoms with Gasteiger partial charge < -0.3 is 10.8 Å². The summed E-state index contributed by atoms with van der Waals surface area (Å²) in [6.45, 7) is 3.94. The van der Waals surface area contributed by atoms with Crippen molar-refractivity contribution in [3.05, 3.63) is 18.2 Å². The lowest BCUT2D eigenvalue weighted by Crippen LogP contribution is -1.87. The Labute approximate surface area is 77.9 Å². The third-order valence-corrected chi connectivity index (χ3v) is 1.82. The lowest BCUT2D eigenvalue weighted by atomic mass is 10.2. The molecule has 1 aromatic rings. The summed E-state index contributed by atoms with van der Waals surface area (Å²) in [4.78, 5) is 4.22. The molecule has 0 fully saturated rings. The van der Waals surface area contributed by atoms with Crippen molar-refractivity contribution in [3.63, 3.8) is 0 Å². The molecule has 70 valence electrons. The van der Waals surface area contributed by atoms with E-state index in [1.807, 2.05) is 13.8 Å². The zero-order valence-electron chi connectivity index (χ0n) is 7.91. The van der Waals surface area contributed by atoms with Crippen LogP contribution >= 0.6 is 0 Å². The Hall–Kier alpha value is -1.51. The number of rotatable bonds is 2. The number of nitrogen functional groups attached to an aromatic ring is 1. The lowest BCUT2D eigenvalue weighted by molar-refractivity contribution is 0.477. The number of hydrogen-bond donors (Lipinski definition) is 2. The molecule has 0 aliphatic rings. The molecule has 0 heterocycles. The molecule has 3 heteroatoms. The highest BCUT2D eigenvalue weighted by atomic mass is 16.3. The molecule has 0 aliphatic heterocycles. The van der Waals surface area contributed by atoms with E-state index in [9.17, 15) is 5.11 Å². The Morgan fingerprint density at radius 1 is 1.54 bits per heavy atom. The van der Waals surface area contributed by atoms with Gasteiger partial charge in [-0.15, -0.1) is 0 Å². The molecule has 0 amide bonds. The highest BCUT2D eigenvalue weighted by Crippen LogP contribution is 2.28. The summed E-state index contributed by atoms with van der Waals surface area (Å²) in [6, 6.07) is 4.86. The van der Waals surface area contributed by atoms with Crippen molar-refractivity contribution in [2.45, 2.75) is 20.3 Å². The number of nitrogens with zero attached hydrogens (tertiary/aromatic N) is 1. The third-order valence-electron chi connectivity index (χ3n) is 1.82. The lowest BCUT2D eigenvalue weighted by Gasteiger charge is -2.01. The van der Waals surface area contributed by atoms with Crippen LogP contribution in [0.2, 0.25) is 0 Å². The van der Waals surface area contributed by atoms with E-state index >= 15 is 0 Å². The SMILES string of the molecule is CC/C(C)=N/c1cc(N)ccc1O. The summed E-state index contributed by atoms with van der Waals surface area (Å²) < 4.78 is 0. The van der Waals surface area contributed by atoms with E-state index in [-0.39, 0.29) is 5.75 Å². The van der Waals surface area contributed by atoms with Gasteiger partial charge in [0.15, 0.2) is 0 Å². The Kier molecular flexibility index (Phi) is 2.90. The Morgan fingerprint density at radius 2 is 2.23 bits per heavy atom. The summed E-state index contributed by atoms with van der Waals surface area (Å²) in [6.07, 6.45) is 0.869. The summed E-state index contributed by atoms with van der Waals surface area (Å²) in [5, 5.41) is 9.42. The average molecular weight is 178 g/mol. The van der Waals surface area contributed by atoms with Gasteiger partial charge in [-0.25, -0.2) is 0 Å². The first-order valence-corrected chi connectivity index (χ1v) is 4.26. The molecule has 1 rings (SSSR count). The second-order valence-electron chi connectivity index (χ2n) is 2.95. The van der Waals surface area contributed by atoms with Crippen LogP contribution in [0.3, 0.4) is 0 Å². The zero-order valence-corrected chi connectivity index (χ0v) is 7.91. The minimum absolute atomic E-state index is 0.169. The number of benzene rings is 1. The average Bonchev–Trinajstić information content (AvgIpc) is 2.11. The number of phenolic OH excluding ortho intramolecular Hbond substituents is 1. The second-order valence-corrected chi connectivity index (χ2v) is 2.95. The van der Waals surface area contributed by atoms with Gasteiger partial charge in [-0.2, -0.15) is 0 Å². The topological polar surface area (TPSA) is 58.6 Å². The maximum Gasteiger partial charge on any atom is 0.141 e. The summed E-state index contributed by atoms with van der Waals surface area (Å²) >= 11 is 0. The molecule has 0 radical (unpaired) electrons. The Balaban J connectivity index is 3.07. The fourth-order valence-corrected chi connectivity index (χ4v) is 0.915. The molecule has 0 unspecified atom stereocenters. The van der Waals surface area contributed by atoms with E-state index in [1.165, 1.54) is 0 Å². The summed E-state index contributed by atoms with van der Waals surface area (Å²) in [5.41, 5.74) is 7.69. The molecule has 0 aromatic heterocycles. The number of aromatic hydroxyl groups is 1. The van der Waals surface area contributed by atoms with E-state index in [0.29, 0.717) is 11.4 Å². The number of phenols is 1. The van der Waals surface area contributed by atoms with Crippen molar-refractivity contribution in [1.82, 2.24) is 0 Å². The number of hydrogen-bond acceptors (Lipinski definition) is 3. The molecule has 0 aliphatic carbocycles. The van der Waals surface area contributed by atoms with Crippen molar-refractivity contribution in [2.75, 3.05) is 5.73 Å². The molecule has 0 saturated carbocycles. The van der Waals surface area contributed by atoms with E-state index in [0.717, 1.165) is 12.1 Å². The van der Waals surface area contributed by atoms with Gasteiger partial charge in [0.1, 0.15) is 11.4 Å². The quantitative estimate of drug-likeness (QED) is 0.415. The maximum absolute atomic E-state index is 9.42. The van der Waals surface area contributed by atoms with Gasteiger partial charge in [0.05, 0.1) is 0 Å². The van der Waals surface area contributed by atoms with Crippen LogP contribution in [0.4, 0.5) is 11.4 Å². The van der Waals surface area contributed by atoms with Gasteiger partial charge in [-0.1, -0.05) is 6.92 Å². The molecule has 3 N–H and O–H groups in total. The third kappa shape index (κ3) is 2.47. The molecule has 0 saturated heterocycles. The summed E-state index contributed by atoms with van der Waals surface area (Å²) in [7, 11) is 0. The van der Waals surface area contributed by atoms with Crippen molar-refractivity contribution in [1.29, 1.82) is 0 Å². The van der Waals surface area contributed by atoms with Crippen LogP contribution in [0.5, 0.6) is 5.75 Å². The van der Waals surface area contributed by atoms with Crippen LogP contribution in [0.1, 0.15) is 20.3 Å². The van der Waals surface area contributed by atoms with Crippen molar-refractivity contribution in [2.24, 2.45) is 4.99 Å². The van der Waals surface area contributed by atoms with Crippen LogP contribution in [-0.2, 0) is 0 Å². The standard InChI is InChI=1S/C10H14N2O/c1-3-7(2)12-9-6-8(11)4-5-10(9)13/h4-6,13H,3,11H2,1-2H3/b12-7+. The van der Waals surface area contributed by atoms with Crippen LogP contribution in [-0.4, -0.2) is 10.8 Å². The van der Waals surface area contributed by atoms with Crippen LogP contribution < -0.4 is 5.73 Å². The Morgan fingerprint density at radius 3 is 2.85 bits per heavy atom. The van der Waals surface area contributed by atoms with Gasteiger partial charge in [-0.3, -0.25) is 4.99 Å². The molecule has 13 heavy (non-hydrogen) atoms. The van der Waals surface area contributed by atoms with Gasteiger partial charge >= 0.3 is 0 Å². The molecule has 1 aromatic carbocycles. The molecule has 0 atom stereocenters. The van der Waals surface area contributed by atoms with Gasteiger partial charge in [0, 0.05) is 11.4 Å². The van der Waals surface area contributed by atoms with E-state index in [4.69, 9.17) is 5.73 Å². The van der Waals surface area contributed by atoms with Crippen LogP contribution in [0, 0.1) is 0 Å². The van der Waals surface area contributed by atoms with E-state index in [1.54, 1.807) is 18.2 Å². The monoisotopic (exact) mass is 178 g/mol. The minimum atomic E-state index is 0.169. The second kappa shape index (κ2) is 3.94. The number of aliphatic imine (C=N–C) groups is 1. The van der Waals surface area contributed by atoms with Crippen LogP contribution in [0.25, 0.3) is 0 Å². The molecule has 0 bridgehead atoms. The van der Waals surface area contributed by atoms with Crippen LogP contribution in [0.15, 0.2) is 23.2 Å². The van der Waals surface area contributed by atoms with E-state index in [2.05, 4.69) is 4.99 Å². The minimum Gasteiger partial charge on any atom is -0.506 e. The predicted octanol–water partition coefficient (Wildman–Crippen LogP) is 2.48. The fourth-order valence-electron chi connectivity index (χ4n) is 0.915. The van der Waals surface area contributed by atoms with Gasteiger partial charge in [0.25, 0.3) is 0 Å². The van der Waals surface area contributed by atoms with Crippen molar-refractivity contribution >= 4 is 17.1 Å². The first-order valence-electron chi connectivity index (χ1n) is 4.26. The maximum atomic E-state index is 9.42.